The Morgan fingerprint density at radius 2 is 2.06 bits per heavy atom. The molecule has 0 radical (unpaired) electrons. The van der Waals surface area contributed by atoms with Crippen LogP contribution in [0.15, 0.2) is 16.6 Å². The van der Waals surface area contributed by atoms with Crippen molar-refractivity contribution in [2.75, 3.05) is 32.0 Å². The molecule has 2 nitrogen and oxygen atoms in total. The maximum Gasteiger partial charge on any atom is 0.139 e. The van der Waals surface area contributed by atoms with Crippen LogP contribution in [0.1, 0.15) is 18.4 Å². The number of halogens is 2. The Hall–Kier alpha value is -0.610. The van der Waals surface area contributed by atoms with Crippen LogP contribution in [-0.4, -0.2) is 31.6 Å². The zero-order valence-corrected chi connectivity index (χ0v) is 12.6. The molecule has 18 heavy (non-hydrogen) atoms. The summed E-state index contributed by atoms with van der Waals surface area (Å²) in [5.74, 6) is 0.499. The van der Waals surface area contributed by atoms with E-state index in [0.29, 0.717) is 10.4 Å². The van der Waals surface area contributed by atoms with E-state index in [1.54, 1.807) is 6.07 Å². The third-order valence-corrected chi connectivity index (χ3v) is 4.29. The van der Waals surface area contributed by atoms with Gasteiger partial charge in [0.25, 0.3) is 0 Å². The lowest BCUT2D eigenvalue weighted by Gasteiger charge is -2.29. The van der Waals surface area contributed by atoms with Crippen LogP contribution < -0.4 is 5.32 Å². The highest BCUT2D eigenvalue weighted by Gasteiger charge is 2.16. The second kappa shape index (κ2) is 6.02. The molecule has 0 spiro atoms. The predicted octanol–water partition coefficient (Wildman–Crippen LogP) is 3.65. The summed E-state index contributed by atoms with van der Waals surface area (Å²) in [6.45, 7) is 5.27. The number of piperidine rings is 1. The minimum absolute atomic E-state index is 0.202. The molecule has 1 aliphatic heterocycles. The molecular formula is C14H20BrFN2. The summed E-state index contributed by atoms with van der Waals surface area (Å²) in [7, 11) is 2.16. The van der Waals surface area contributed by atoms with Gasteiger partial charge in [0.05, 0.1) is 4.47 Å². The SMILES string of the molecule is Cc1cc(Br)c(F)cc1NCC1CCN(C)CC1. The highest BCUT2D eigenvalue weighted by molar-refractivity contribution is 9.10. The Bertz CT molecular complexity index is 415. The van der Waals surface area contributed by atoms with E-state index < -0.39 is 0 Å². The molecule has 4 heteroatoms. The number of likely N-dealkylation sites (tertiary alicyclic amines) is 1. The van der Waals surface area contributed by atoms with E-state index in [-0.39, 0.29) is 5.82 Å². The lowest BCUT2D eigenvalue weighted by molar-refractivity contribution is 0.226. The molecule has 0 atom stereocenters. The number of anilines is 1. The maximum atomic E-state index is 13.5. The molecule has 1 heterocycles. The first-order valence-corrected chi connectivity index (χ1v) is 7.23. The summed E-state index contributed by atoms with van der Waals surface area (Å²) < 4.78 is 14.0. The molecule has 0 aromatic heterocycles. The molecule has 1 saturated heterocycles. The molecule has 1 aliphatic rings. The van der Waals surface area contributed by atoms with Gasteiger partial charge in [-0.25, -0.2) is 4.39 Å². The van der Waals surface area contributed by atoms with Crippen molar-refractivity contribution >= 4 is 21.6 Å². The van der Waals surface area contributed by atoms with Crippen LogP contribution in [0.25, 0.3) is 0 Å². The van der Waals surface area contributed by atoms with Crippen molar-refractivity contribution in [1.29, 1.82) is 0 Å². The Morgan fingerprint density at radius 1 is 1.39 bits per heavy atom. The maximum absolute atomic E-state index is 13.5. The van der Waals surface area contributed by atoms with E-state index >= 15 is 0 Å². The number of benzene rings is 1. The van der Waals surface area contributed by atoms with Crippen molar-refractivity contribution in [3.63, 3.8) is 0 Å². The third-order valence-electron chi connectivity index (χ3n) is 3.69. The molecule has 1 aromatic rings. The van der Waals surface area contributed by atoms with Gasteiger partial charge in [-0.2, -0.15) is 0 Å². The van der Waals surface area contributed by atoms with Crippen LogP contribution in [0.3, 0.4) is 0 Å². The van der Waals surface area contributed by atoms with Gasteiger partial charge in [0.15, 0.2) is 0 Å². The minimum atomic E-state index is -0.202. The quantitative estimate of drug-likeness (QED) is 0.916. The Balaban J connectivity index is 1.92. The van der Waals surface area contributed by atoms with Gasteiger partial charge < -0.3 is 10.2 Å². The second-order valence-corrected chi connectivity index (χ2v) is 6.06. The highest BCUT2D eigenvalue weighted by atomic mass is 79.9. The smallest absolute Gasteiger partial charge is 0.139 e. The predicted molar refractivity (Wildman–Crippen MR) is 77.5 cm³/mol. The zero-order valence-electron chi connectivity index (χ0n) is 11.0. The monoisotopic (exact) mass is 314 g/mol. The molecule has 0 amide bonds. The number of hydrogen-bond donors (Lipinski definition) is 1. The molecule has 1 fully saturated rings. The van der Waals surface area contributed by atoms with Crippen molar-refractivity contribution in [3.8, 4) is 0 Å². The number of rotatable bonds is 3. The summed E-state index contributed by atoms with van der Waals surface area (Å²) in [6.07, 6.45) is 2.45. The number of hydrogen-bond acceptors (Lipinski definition) is 2. The van der Waals surface area contributed by atoms with Gasteiger partial charge in [0.1, 0.15) is 5.82 Å². The van der Waals surface area contributed by atoms with Gasteiger partial charge in [0.2, 0.25) is 0 Å². The van der Waals surface area contributed by atoms with E-state index in [4.69, 9.17) is 0 Å². The van der Waals surface area contributed by atoms with Crippen LogP contribution in [0.5, 0.6) is 0 Å². The fraction of sp³-hybridized carbons (Fsp3) is 0.571. The van der Waals surface area contributed by atoms with Gasteiger partial charge in [-0.15, -0.1) is 0 Å². The summed E-state index contributed by atoms with van der Waals surface area (Å²) >= 11 is 3.21. The topological polar surface area (TPSA) is 15.3 Å². The fourth-order valence-electron chi connectivity index (χ4n) is 2.36. The van der Waals surface area contributed by atoms with E-state index in [1.807, 2.05) is 13.0 Å². The normalized spacial score (nSPS) is 18.0. The van der Waals surface area contributed by atoms with Crippen molar-refractivity contribution in [2.45, 2.75) is 19.8 Å². The fourth-order valence-corrected chi connectivity index (χ4v) is 2.82. The average Bonchev–Trinajstić information content (AvgIpc) is 2.34. The second-order valence-electron chi connectivity index (χ2n) is 5.21. The standard InChI is InChI=1S/C14H20BrFN2/c1-10-7-12(15)13(16)8-14(10)17-9-11-3-5-18(2)6-4-11/h7-8,11,17H,3-6,9H2,1-2H3. The first-order valence-electron chi connectivity index (χ1n) is 6.44. The van der Waals surface area contributed by atoms with E-state index in [1.165, 1.54) is 25.9 Å². The number of aryl methyl sites for hydroxylation is 1. The first kappa shape index (κ1) is 13.8. The minimum Gasteiger partial charge on any atom is -0.384 e. The number of nitrogens with zero attached hydrogens (tertiary/aromatic N) is 1. The van der Waals surface area contributed by atoms with Crippen LogP contribution >= 0.6 is 15.9 Å². The summed E-state index contributed by atoms with van der Waals surface area (Å²) in [6, 6.07) is 3.40. The van der Waals surface area contributed by atoms with Gasteiger partial charge in [-0.1, -0.05) is 0 Å². The third kappa shape index (κ3) is 3.45. The van der Waals surface area contributed by atoms with Gasteiger partial charge in [-0.05, 0) is 79.4 Å². The van der Waals surface area contributed by atoms with E-state index in [2.05, 4.69) is 33.2 Å². The summed E-state index contributed by atoms with van der Waals surface area (Å²) in [4.78, 5) is 2.36. The van der Waals surface area contributed by atoms with Crippen LogP contribution in [-0.2, 0) is 0 Å². The van der Waals surface area contributed by atoms with Crippen molar-refractivity contribution < 1.29 is 4.39 Å². The Kier molecular flexibility index (Phi) is 4.62. The molecule has 0 saturated carbocycles. The van der Waals surface area contributed by atoms with Crippen molar-refractivity contribution in [1.82, 2.24) is 4.90 Å². The van der Waals surface area contributed by atoms with E-state index in [0.717, 1.165) is 17.8 Å². The van der Waals surface area contributed by atoms with Crippen molar-refractivity contribution in [2.24, 2.45) is 5.92 Å². The molecule has 1 aromatic carbocycles. The van der Waals surface area contributed by atoms with Gasteiger partial charge in [-0.3, -0.25) is 0 Å². The van der Waals surface area contributed by atoms with Crippen LogP contribution in [0.2, 0.25) is 0 Å². The Labute approximate surface area is 117 Å². The summed E-state index contributed by atoms with van der Waals surface area (Å²) in [5, 5.41) is 3.39. The van der Waals surface area contributed by atoms with Crippen LogP contribution in [0, 0.1) is 18.7 Å². The highest BCUT2D eigenvalue weighted by Crippen LogP contribution is 2.25. The van der Waals surface area contributed by atoms with Gasteiger partial charge >= 0.3 is 0 Å². The Morgan fingerprint density at radius 3 is 2.72 bits per heavy atom. The molecule has 0 unspecified atom stereocenters. The van der Waals surface area contributed by atoms with E-state index in [9.17, 15) is 4.39 Å². The molecule has 1 N–H and O–H groups in total. The lowest BCUT2D eigenvalue weighted by Crippen LogP contribution is -2.33. The largest absolute Gasteiger partial charge is 0.384 e. The van der Waals surface area contributed by atoms with Crippen molar-refractivity contribution in [3.05, 3.63) is 28.0 Å². The molecular weight excluding hydrogens is 295 g/mol. The summed E-state index contributed by atoms with van der Waals surface area (Å²) in [5.41, 5.74) is 1.99. The average molecular weight is 315 g/mol. The molecule has 0 aliphatic carbocycles. The first-order chi connectivity index (χ1) is 8.56. The number of nitrogens with one attached hydrogen (secondary N) is 1. The molecule has 0 bridgehead atoms. The van der Waals surface area contributed by atoms with Crippen LogP contribution in [0.4, 0.5) is 10.1 Å². The zero-order chi connectivity index (χ0) is 13.1. The van der Waals surface area contributed by atoms with Gasteiger partial charge in [0, 0.05) is 12.2 Å². The molecule has 100 valence electrons. The lowest BCUT2D eigenvalue weighted by atomic mass is 9.97. The molecule has 2 rings (SSSR count).